The van der Waals surface area contributed by atoms with Crippen LogP contribution in [0.1, 0.15) is 15.2 Å². The summed E-state index contributed by atoms with van der Waals surface area (Å²) in [6, 6.07) is 28.7. The molecule has 0 spiro atoms. The van der Waals surface area contributed by atoms with Crippen LogP contribution in [0.2, 0.25) is 0 Å². The van der Waals surface area contributed by atoms with Gasteiger partial charge in [-0.05, 0) is 65.5 Å². The summed E-state index contributed by atoms with van der Waals surface area (Å²) in [5.41, 5.74) is 7.34. The summed E-state index contributed by atoms with van der Waals surface area (Å²) in [6.45, 7) is -0.155. The molecule has 0 unspecified atom stereocenters. The molecular formula is C30H24NO+. The molecule has 0 aliphatic heterocycles. The first-order chi connectivity index (χ1) is 16.8. The van der Waals surface area contributed by atoms with Gasteiger partial charge >= 0.3 is 0 Å². The normalized spacial score (nSPS) is 13.4. The Morgan fingerprint density at radius 2 is 1.59 bits per heavy atom. The topological polar surface area (TPSA) is 17.0 Å². The molecule has 0 amide bonds. The first-order valence-corrected chi connectivity index (χ1v) is 10.7. The number of hydrogen-bond acceptors (Lipinski definition) is 1. The highest BCUT2D eigenvalue weighted by Gasteiger charge is 2.18. The predicted molar refractivity (Wildman–Crippen MR) is 133 cm³/mol. The van der Waals surface area contributed by atoms with Crippen LogP contribution >= 0.6 is 0 Å². The summed E-state index contributed by atoms with van der Waals surface area (Å²) in [5, 5.41) is 4.41. The average molecular weight is 418 g/mol. The van der Waals surface area contributed by atoms with Gasteiger partial charge in [0.15, 0.2) is 5.58 Å². The van der Waals surface area contributed by atoms with Crippen molar-refractivity contribution in [3.05, 3.63) is 102 Å². The molecule has 0 fully saturated rings. The summed E-state index contributed by atoms with van der Waals surface area (Å²) in [6.07, 6.45) is 2.00. The molecule has 0 bridgehead atoms. The van der Waals surface area contributed by atoms with E-state index in [1.165, 1.54) is 11.1 Å². The first-order valence-electron chi connectivity index (χ1n) is 12.2. The van der Waals surface area contributed by atoms with Crippen molar-refractivity contribution in [2.45, 2.75) is 13.8 Å². The van der Waals surface area contributed by atoms with Gasteiger partial charge in [-0.3, -0.25) is 0 Å². The fourth-order valence-electron chi connectivity index (χ4n) is 4.64. The molecule has 0 atom stereocenters. The molecule has 32 heavy (non-hydrogen) atoms. The number of nitrogens with zero attached hydrogens (tertiary/aromatic N) is 1. The maximum atomic E-state index is 7.71. The van der Waals surface area contributed by atoms with Crippen LogP contribution in [0.5, 0.6) is 0 Å². The Kier molecular flexibility index (Phi) is 3.49. The van der Waals surface area contributed by atoms with Gasteiger partial charge in [0.1, 0.15) is 12.6 Å². The van der Waals surface area contributed by atoms with E-state index in [0.717, 1.165) is 49.5 Å². The summed E-state index contributed by atoms with van der Waals surface area (Å²) >= 11 is 0. The first kappa shape index (κ1) is 15.8. The lowest BCUT2D eigenvalue weighted by Crippen LogP contribution is -2.30. The minimum atomic E-state index is -2.11. The minimum absolute atomic E-state index is 0.359. The lowest BCUT2D eigenvalue weighted by Gasteiger charge is -2.06. The number of benzene rings is 4. The second-order valence-corrected chi connectivity index (χ2v) is 8.46. The SMILES string of the molecule is [2H]C([2H])([2H])c1ccc(-c2cc3c(c[n+]2C)oc2cc4cc(-c5ccccc5)ccc4cc23)c(C)c1. The third kappa shape index (κ3) is 2.99. The summed E-state index contributed by atoms with van der Waals surface area (Å²) in [4.78, 5) is 0. The standard InChI is InChI=1S/C30H24NO/c1-19-9-12-25(20(2)13-19)28-17-27-26-15-23-11-10-22(21-7-5-4-6-8-21)14-24(23)16-29(26)32-30(27)18-31(28)3/h4-18H,1-3H3/q+1/i1D3. The molecule has 0 saturated carbocycles. The van der Waals surface area contributed by atoms with Crippen molar-refractivity contribution < 1.29 is 13.1 Å². The number of fused-ring (bicyclic) bond motifs is 4. The average Bonchev–Trinajstić information content (AvgIpc) is 3.17. The van der Waals surface area contributed by atoms with Gasteiger partial charge in [0.05, 0.1) is 0 Å². The number of pyridine rings is 1. The van der Waals surface area contributed by atoms with Crippen molar-refractivity contribution in [1.82, 2.24) is 0 Å². The van der Waals surface area contributed by atoms with Gasteiger partial charge in [-0.1, -0.05) is 60.2 Å². The largest absolute Gasteiger partial charge is 0.450 e. The molecule has 0 saturated heterocycles. The van der Waals surface area contributed by atoms with Crippen molar-refractivity contribution in [3.63, 3.8) is 0 Å². The van der Waals surface area contributed by atoms with Crippen LogP contribution in [-0.4, -0.2) is 0 Å². The lowest BCUT2D eigenvalue weighted by molar-refractivity contribution is -0.659. The van der Waals surface area contributed by atoms with Crippen LogP contribution in [0.25, 0.3) is 55.1 Å². The van der Waals surface area contributed by atoms with Gasteiger partial charge in [-0.15, -0.1) is 0 Å². The Morgan fingerprint density at radius 3 is 2.41 bits per heavy atom. The van der Waals surface area contributed by atoms with E-state index in [-0.39, 0.29) is 0 Å². The van der Waals surface area contributed by atoms with E-state index >= 15 is 0 Å². The van der Waals surface area contributed by atoms with Gasteiger partial charge in [-0.25, -0.2) is 0 Å². The molecule has 4 aromatic carbocycles. The fourth-order valence-corrected chi connectivity index (χ4v) is 4.64. The molecule has 2 heterocycles. The molecule has 0 aliphatic carbocycles. The zero-order valence-electron chi connectivity index (χ0n) is 21.0. The van der Waals surface area contributed by atoms with Gasteiger partial charge in [-0.2, -0.15) is 4.57 Å². The molecule has 154 valence electrons. The Hall–Kier alpha value is -3.91. The Balaban J connectivity index is 1.51. The van der Waals surface area contributed by atoms with E-state index in [2.05, 4.69) is 60.7 Å². The van der Waals surface area contributed by atoms with E-state index in [1.807, 2.05) is 36.9 Å². The van der Waals surface area contributed by atoms with Crippen molar-refractivity contribution >= 4 is 32.7 Å². The highest BCUT2D eigenvalue weighted by molar-refractivity contribution is 6.10. The monoisotopic (exact) mass is 417 g/mol. The van der Waals surface area contributed by atoms with Crippen molar-refractivity contribution in [3.8, 4) is 22.4 Å². The zero-order valence-corrected chi connectivity index (χ0v) is 18.0. The lowest BCUT2D eigenvalue weighted by atomic mass is 9.99. The number of hydrogen-bond donors (Lipinski definition) is 0. The van der Waals surface area contributed by atoms with E-state index in [4.69, 9.17) is 8.53 Å². The van der Waals surface area contributed by atoms with E-state index in [0.29, 0.717) is 5.56 Å². The molecule has 2 aromatic heterocycles. The van der Waals surface area contributed by atoms with Gasteiger partial charge < -0.3 is 4.42 Å². The second-order valence-electron chi connectivity index (χ2n) is 8.46. The van der Waals surface area contributed by atoms with Crippen LogP contribution in [-0.2, 0) is 7.05 Å². The van der Waals surface area contributed by atoms with Crippen LogP contribution < -0.4 is 4.57 Å². The number of aromatic nitrogens is 1. The molecular weight excluding hydrogens is 390 g/mol. The molecule has 2 nitrogen and oxygen atoms in total. The number of furan rings is 1. The van der Waals surface area contributed by atoms with E-state index < -0.39 is 6.85 Å². The van der Waals surface area contributed by atoms with Crippen LogP contribution in [0.4, 0.5) is 0 Å². The summed E-state index contributed by atoms with van der Waals surface area (Å²) < 4.78 is 31.4. The molecule has 2 heteroatoms. The maximum Gasteiger partial charge on any atom is 0.213 e. The smallest absolute Gasteiger partial charge is 0.213 e. The number of rotatable bonds is 2. The second kappa shape index (κ2) is 7.06. The number of aryl methyl sites for hydroxylation is 3. The zero-order chi connectivity index (χ0) is 24.3. The van der Waals surface area contributed by atoms with Gasteiger partial charge in [0.25, 0.3) is 0 Å². The third-order valence-electron chi connectivity index (χ3n) is 6.30. The van der Waals surface area contributed by atoms with Crippen molar-refractivity contribution in [1.29, 1.82) is 0 Å². The predicted octanol–water partition coefficient (Wildman–Crippen LogP) is 7.51. The van der Waals surface area contributed by atoms with E-state index in [1.54, 1.807) is 12.1 Å². The van der Waals surface area contributed by atoms with Crippen molar-refractivity contribution in [2.75, 3.05) is 0 Å². The minimum Gasteiger partial charge on any atom is -0.450 e. The quantitative estimate of drug-likeness (QED) is 0.266. The van der Waals surface area contributed by atoms with E-state index in [9.17, 15) is 0 Å². The molecule has 0 aliphatic rings. The highest BCUT2D eigenvalue weighted by atomic mass is 16.3. The Bertz CT molecular complexity index is 1750. The third-order valence-corrected chi connectivity index (χ3v) is 6.30. The van der Waals surface area contributed by atoms with Crippen molar-refractivity contribution in [2.24, 2.45) is 7.05 Å². The summed E-state index contributed by atoms with van der Waals surface area (Å²) in [7, 11) is 1.99. The van der Waals surface area contributed by atoms with Gasteiger partial charge in [0, 0.05) is 26.5 Å². The van der Waals surface area contributed by atoms with Crippen LogP contribution in [0, 0.1) is 13.8 Å². The fraction of sp³-hybridized carbons (Fsp3) is 0.100. The molecule has 0 N–H and O–H groups in total. The summed E-state index contributed by atoms with van der Waals surface area (Å²) in [5.74, 6) is 0. The molecule has 6 aromatic rings. The maximum absolute atomic E-state index is 7.71. The highest BCUT2D eigenvalue weighted by Crippen LogP contribution is 2.35. The molecule has 0 radical (unpaired) electrons. The van der Waals surface area contributed by atoms with Crippen LogP contribution in [0.15, 0.2) is 95.5 Å². The van der Waals surface area contributed by atoms with Gasteiger partial charge in [0.2, 0.25) is 11.9 Å². The Morgan fingerprint density at radius 1 is 0.750 bits per heavy atom. The van der Waals surface area contributed by atoms with Crippen LogP contribution in [0.3, 0.4) is 0 Å². The Labute approximate surface area is 191 Å². The molecule has 6 rings (SSSR count).